The summed E-state index contributed by atoms with van der Waals surface area (Å²) in [4.78, 5) is 10.7. The van der Waals surface area contributed by atoms with Gasteiger partial charge in [0.2, 0.25) is 0 Å². The van der Waals surface area contributed by atoms with E-state index in [2.05, 4.69) is 23.7 Å². The van der Waals surface area contributed by atoms with E-state index in [1.54, 1.807) is 16.9 Å². The summed E-state index contributed by atoms with van der Waals surface area (Å²) in [6, 6.07) is 2.70. The first-order valence-corrected chi connectivity index (χ1v) is 9.02. The van der Waals surface area contributed by atoms with Gasteiger partial charge in [-0.15, -0.1) is 11.3 Å². The van der Waals surface area contributed by atoms with Gasteiger partial charge in [-0.1, -0.05) is 13.8 Å². The largest absolute Gasteiger partial charge is 0.477 e. The molecule has 0 atom stereocenters. The molecule has 0 saturated carbocycles. The van der Waals surface area contributed by atoms with Crippen molar-refractivity contribution in [1.29, 1.82) is 0 Å². The Bertz CT molecular complexity index is 762. The quantitative estimate of drug-likeness (QED) is 0.804. The summed E-state index contributed by atoms with van der Waals surface area (Å²) in [5, 5.41) is 14.3. The van der Waals surface area contributed by atoms with E-state index in [0.29, 0.717) is 12.5 Å². The molecule has 9 heteroatoms. The Labute approximate surface area is 132 Å². The van der Waals surface area contributed by atoms with Gasteiger partial charge >= 0.3 is 5.97 Å². The highest BCUT2D eigenvalue weighted by Crippen LogP contribution is 2.21. The van der Waals surface area contributed by atoms with E-state index >= 15 is 0 Å². The summed E-state index contributed by atoms with van der Waals surface area (Å²) in [7, 11) is -3.82. The van der Waals surface area contributed by atoms with Gasteiger partial charge in [0.05, 0.1) is 4.90 Å². The highest BCUT2D eigenvalue weighted by Gasteiger charge is 2.19. The summed E-state index contributed by atoms with van der Waals surface area (Å²) >= 11 is 0.867. The predicted molar refractivity (Wildman–Crippen MR) is 83.8 cm³/mol. The zero-order valence-corrected chi connectivity index (χ0v) is 13.8. The van der Waals surface area contributed by atoms with Crippen molar-refractivity contribution in [1.82, 2.24) is 9.78 Å². The van der Waals surface area contributed by atoms with Crippen LogP contribution in [-0.4, -0.2) is 29.3 Å². The molecule has 0 amide bonds. The van der Waals surface area contributed by atoms with Crippen LogP contribution in [0.1, 0.15) is 29.9 Å². The molecule has 2 N–H and O–H groups in total. The molecule has 0 unspecified atom stereocenters. The molecule has 2 rings (SSSR count). The van der Waals surface area contributed by atoms with Crippen LogP contribution in [-0.2, 0) is 16.6 Å². The van der Waals surface area contributed by atoms with Crippen molar-refractivity contribution in [3.63, 3.8) is 0 Å². The van der Waals surface area contributed by atoms with Crippen LogP contribution in [0.3, 0.4) is 0 Å². The molecule has 22 heavy (non-hydrogen) atoms. The third-order valence-electron chi connectivity index (χ3n) is 2.91. The van der Waals surface area contributed by atoms with Crippen LogP contribution in [0, 0.1) is 5.92 Å². The van der Waals surface area contributed by atoms with Crippen LogP contribution in [0.5, 0.6) is 0 Å². The summed E-state index contributed by atoms with van der Waals surface area (Å²) in [6.45, 7) is 4.91. The van der Waals surface area contributed by atoms with E-state index in [1.807, 2.05) is 0 Å². The average molecular weight is 343 g/mol. The highest BCUT2D eigenvalue weighted by molar-refractivity contribution is 7.92. The maximum absolute atomic E-state index is 12.2. The minimum atomic E-state index is -3.82. The second-order valence-corrected chi connectivity index (χ2v) is 7.80. The third kappa shape index (κ3) is 4.08. The smallest absolute Gasteiger partial charge is 0.345 e. The van der Waals surface area contributed by atoms with Gasteiger partial charge in [0.1, 0.15) is 4.88 Å². The second kappa shape index (κ2) is 6.49. The number of carboxylic acid groups (broad SMARTS) is 1. The number of aryl methyl sites for hydroxylation is 1. The van der Waals surface area contributed by atoms with Gasteiger partial charge in [0.25, 0.3) is 10.0 Å². The molecule has 7 nitrogen and oxygen atoms in total. The molecule has 0 fully saturated rings. The number of thiophene rings is 1. The minimum absolute atomic E-state index is 0.0252. The lowest BCUT2D eigenvalue weighted by Crippen LogP contribution is -2.13. The molecule has 0 aliphatic rings. The average Bonchev–Trinajstić information content (AvgIpc) is 3.04. The van der Waals surface area contributed by atoms with E-state index in [1.165, 1.54) is 5.38 Å². The molecule has 2 heterocycles. The Morgan fingerprint density at radius 2 is 2.23 bits per heavy atom. The van der Waals surface area contributed by atoms with Gasteiger partial charge in [0.15, 0.2) is 5.82 Å². The van der Waals surface area contributed by atoms with Crippen molar-refractivity contribution in [3.8, 4) is 0 Å². The topological polar surface area (TPSA) is 101 Å². The number of rotatable bonds is 7. The SMILES string of the molecule is CC(C)CCn1ccc(NS(=O)(=O)c2csc(C(=O)O)c2)n1. The van der Waals surface area contributed by atoms with Crippen LogP contribution >= 0.6 is 11.3 Å². The Balaban J connectivity index is 2.09. The van der Waals surface area contributed by atoms with Crippen molar-refractivity contribution in [2.45, 2.75) is 31.7 Å². The first-order valence-electron chi connectivity index (χ1n) is 6.66. The molecule has 2 aromatic heterocycles. The normalized spacial score (nSPS) is 11.8. The number of carboxylic acids is 1. The Morgan fingerprint density at radius 1 is 1.50 bits per heavy atom. The second-order valence-electron chi connectivity index (χ2n) is 5.20. The minimum Gasteiger partial charge on any atom is -0.477 e. The number of hydrogen-bond acceptors (Lipinski definition) is 5. The van der Waals surface area contributed by atoms with Crippen molar-refractivity contribution in [2.24, 2.45) is 5.92 Å². The lowest BCUT2D eigenvalue weighted by molar-refractivity contribution is 0.0702. The molecular weight excluding hydrogens is 326 g/mol. The highest BCUT2D eigenvalue weighted by atomic mass is 32.2. The summed E-state index contributed by atoms with van der Waals surface area (Å²) < 4.78 is 28.4. The van der Waals surface area contributed by atoms with Crippen LogP contribution in [0.15, 0.2) is 28.6 Å². The first-order chi connectivity index (χ1) is 10.3. The van der Waals surface area contributed by atoms with Gasteiger partial charge in [-0.3, -0.25) is 9.40 Å². The summed E-state index contributed by atoms with van der Waals surface area (Å²) in [6.07, 6.45) is 2.65. The maximum atomic E-state index is 12.2. The molecule has 0 spiro atoms. The first kappa shape index (κ1) is 16.5. The Morgan fingerprint density at radius 3 is 2.82 bits per heavy atom. The van der Waals surface area contributed by atoms with E-state index in [4.69, 9.17) is 5.11 Å². The molecular formula is C13H17N3O4S2. The number of aromatic carboxylic acids is 1. The van der Waals surface area contributed by atoms with E-state index in [0.717, 1.165) is 23.8 Å². The number of sulfonamides is 1. The fraction of sp³-hybridized carbons (Fsp3) is 0.385. The van der Waals surface area contributed by atoms with E-state index in [-0.39, 0.29) is 15.6 Å². The van der Waals surface area contributed by atoms with E-state index in [9.17, 15) is 13.2 Å². The number of nitrogens with one attached hydrogen (secondary N) is 1. The third-order valence-corrected chi connectivity index (χ3v) is 5.31. The maximum Gasteiger partial charge on any atom is 0.345 e. The van der Waals surface area contributed by atoms with Crippen LogP contribution in [0.4, 0.5) is 5.82 Å². The lowest BCUT2D eigenvalue weighted by Gasteiger charge is -2.05. The van der Waals surface area contributed by atoms with Gasteiger partial charge < -0.3 is 5.11 Å². The number of carbonyl (C=O) groups is 1. The molecule has 2 aromatic rings. The Kier molecular flexibility index (Phi) is 4.87. The lowest BCUT2D eigenvalue weighted by atomic mass is 10.1. The zero-order chi connectivity index (χ0) is 16.3. The fourth-order valence-electron chi connectivity index (χ4n) is 1.70. The summed E-state index contributed by atoms with van der Waals surface area (Å²) in [5.74, 6) is -0.402. The number of hydrogen-bond donors (Lipinski definition) is 2. The number of anilines is 1. The van der Waals surface area contributed by atoms with Gasteiger partial charge in [0, 0.05) is 24.2 Å². The molecule has 120 valence electrons. The summed E-state index contributed by atoms with van der Waals surface area (Å²) in [5.41, 5.74) is 0. The van der Waals surface area contributed by atoms with Gasteiger partial charge in [-0.25, -0.2) is 13.2 Å². The van der Waals surface area contributed by atoms with Crippen LogP contribution in [0.2, 0.25) is 0 Å². The number of aromatic nitrogens is 2. The Hall–Kier alpha value is -1.87. The molecule has 0 bridgehead atoms. The fourth-order valence-corrected chi connectivity index (χ4v) is 3.81. The standard InChI is InChI=1S/C13H17N3O4S2/c1-9(2)3-5-16-6-4-12(14-16)15-22(19,20)10-7-11(13(17)18)21-8-10/h4,6-9H,3,5H2,1-2H3,(H,14,15)(H,17,18). The monoisotopic (exact) mass is 343 g/mol. The van der Waals surface area contributed by atoms with E-state index < -0.39 is 16.0 Å². The van der Waals surface area contributed by atoms with Crippen molar-refractivity contribution in [3.05, 3.63) is 28.6 Å². The molecule has 0 radical (unpaired) electrons. The van der Waals surface area contributed by atoms with Crippen LogP contribution < -0.4 is 4.72 Å². The van der Waals surface area contributed by atoms with Crippen molar-refractivity contribution < 1.29 is 18.3 Å². The molecule has 0 aliphatic heterocycles. The van der Waals surface area contributed by atoms with Gasteiger partial charge in [-0.05, 0) is 18.4 Å². The van der Waals surface area contributed by atoms with Crippen molar-refractivity contribution >= 4 is 33.1 Å². The molecule has 0 saturated heterocycles. The molecule has 0 aromatic carbocycles. The molecule has 0 aliphatic carbocycles. The number of nitrogens with zero attached hydrogens (tertiary/aromatic N) is 2. The van der Waals surface area contributed by atoms with Crippen molar-refractivity contribution in [2.75, 3.05) is 4.72 Å². The van der Waals surface area contributed by atoms with Gasteiger partial charge in [-0.2, -0.15) is 5.10 Å². The zero-order valence-electron chi connectivity index (χ0n) is 12.2. The van der Waals surface area contributed by atoms with Crippen LogP contribution in [0.25, 0.3) is 0 Å². The predicted octanol–water partition coefficient (Wildman–Crippen LogP) is 2.49.